The van der Waals surface area contributed by atoms with Gasteiger partial charge in [0.1, 0.15) is 5.75 Å². The lowest BCUT2D eigenvalue weighted by Crippen LogP contribution is -2.29. The van der Waals surface area contributed by atoms with Crippen LogP contribution < -0.4 is 4.74 Å². The molecule has 1 aliphatic carbocycles. The normalized spacial score (nSPS) is 29.0. The first-order valence-electron chi connectivity index (χ1n) is 6.51. The summed E-state index contributed by atoms with van der Waals surface area (Å²) in [4.78, 5) is 0. The van der Waals surface area contributed by atoms with Crippen molar-refractivity contribution >= 4 is 11.6 Å². The van der Waals surface area contributed by atoms with Crippen LogP contribution >= 0.6 is 11.6 Å². The molecule has 94 valence electrons. The number of hydrogen-bond donors (Lipinski definition) is 0. The monoisotopic (exact) mass is 252 g/mol. The number of halogens is 1. The van der Waals surface area contributed by atoms with Gasteiger partial charge in [0.2, 0.25) is 0 Å². The molecule has 1 aliphatic rings. The molecule has 0 heterocycles. The number of para-hydroxylation sites is 1. The molecule has 1 aromatic rings. The van der Waals surface area contributed by atoms with Crippen molar-refractivity contribution < 1.29 is 4.74 Å². The predicted octanol–water partition coefficient (Wildman–Crippen LogP) is 4.63. The Hall–Kier alpha value is -0.690. The fourth-order valence-corrected chi connectivity index (χ4v) is 2.73. The quantitative estimate of drug-likeness (QED) is 0.713. The van der Waals surface area contributed by atoms with Gasteiger partial charge in [0.15, 0.2) is 0 Å². The fraction of sp³-hybridized carbons (Fsp3) is 0.600. The van der Waals surface area contributed by atoms with Gasteiger partial charge in [-0.25, -0.2) is 0 Å². The molecule has 2 heteroatoms. The summed E-state index contributed by atoms with van der Waals surface area (Å²) in [6, 6.07) is 8.09. The predicted molar refractivity (Wildman–Crippen MR) is 72.6 cm³/mol. The first-order chi connectivity index (χ1) is 8.20. The molecule has 3 atom stereocenters. The van der Waals surface area contributed by atoms with Crippen LogP contribution in [0.5, 0.6) is 5.75 Å². The maximum Gasteiger partial charge on any atom is 0.124 e. The molecule has 2 rings (SSSR count). The molecule has 1 fully saturated rings. The largest absolute Gasteiger partial charge is 0.490 e. The lowest BCUT2D eigenvalue weighted by molar-refractivity contribution is 0.0999. The fourth-order valence-electron chi connectivity index (χ4n) is 2.51. The molecule has 0 radical (unpaired) electrons. The first-order valence-corrected chi connectivity index (χ1v) is 7.04. The van der Waals surface area contributed by atoms with E-state index in [0.717, 1.165) is 29.6 Å². The minimum absolute atomic E-state index is 0.366. The van der Waals surface area contributed by atoms with Gasteiger partial charge in [-0.3, -0.25) is 0 Å². The van der Waals surface area contributed by atoms with Crippen molar-refractivity contribution in [2.45, 2.75) is 45.1 Å². The van der Waals surface area contributed by atoms with E-state index in [1.54, 1.807) is 0 Å². The van der Waals surface area contributed by atoms with Gasteiger partial charge >= 0.3 is 0 Å². The molecule has 0 spiro atoms. The van der Waals surface area contributed by atoms with Crippen LogP contribution in [0.3, 0.4) is 0 Å². The summed E-state index contributed by atoms with van der Waals surface area (Å²) in [7, 11) is 0. The van der Waals surface area contributed by atoms with Crippen molar-refractivity contribution in [3.05, 3.63) is 29.8 Å². The third-order valence-corrected chi connectivity index (χ3v) is 4.25. The van der Waals surface area contributed by atoms with E-state index in [2.05, 4.69) is 13.8 Å². The Morgan fingerprint density at radius 1 is 1.18 bits per heavy atom. The third kappa shape index (κ3) is 3.16. The molecule has 1 nitrogen and oxygen atoms in total. The summed E-state index contributed by atoms with van der Waals surface area (Å²) in [6.45, 7) is 4.67. The maximum atomic E-state index is 6.11. The summed E-state index contributed by atoms with van der Waals surface area (Å²) in [5.74, 6) is 3.08. The standard InChI is InChI=1S/C15H21ClO/c1-11-7-8-14(9-12(11)2)17-15-6-4-3-5-13(15)10-16/h3-6,11-12,14H,7-10H2,1-2H3. The lowest BCUT2D eigenvalue weighted by atomic mass is 9.80. The number of rotatable bonds is 3. The highest BCUT2D eigenvalue weighted by Crippen LogP contribution is 2.32. The van der Waals surface area contributed by atoms with Crippen LogP contribution in [0.1, 0.15) is 38.7 Å². The molecular weight excluding hydrogens is 232 g/mol. The average molecular weight is 253 g/mol. The molecule has 1 aromatic carbocycles. The zero-order valence-corrected chi connectivity index (χ0v) is 11.4. The van der Waals surface area contributed by atoms with Crippen molar-refractivity contribution in [1.82, 2.24) is 0 Å². The molecule has 0 bridgehead atoms. The highest BCUT2D eigenvalue weighted by atomic mass is 35.5. The second kappa shape index (κ2) is 5.77. The Morgan fingerprint density at radius 3 is 2.65 bits per heavy atom. The Balaban J connectivity index is 2.01. The number of hydrogen-bond acceptors (Lipinski definition) is 1. The van der Waals surface area contributed by atoms with Crippen LogP contribution in [-0.4, -0.2) is 6.10 Å². The smallest absolute Gasteiger partial charge is 0.124 e. The second-order valence-corrected chi connectivity index (χ2v) is 5.52. The highest BCUT2D eigenvalue weighted by Gasteiger charge is 2.26. The molecule has 0 aromatic heterocycles. The second-order valence-electron chi connectivity index (χ2n) is 5.25. The van der Waals surface area contributed by atoms with Gasteiger partial charge in [0.25, 0.3) is 0 Å². The van der Waals surface area contributed by atoms with Crippen LogP contribution in [0.2, 0.25) is 0 Å². The van der Waals surface area contributed by atoms with Gasteiger partial charge in [-0.15, -0.1) is 11.6 Å². The van der Waals surface area contributed by atoms with Crippen molar-refractivity contribution in [3.63, 3.8) is 0 Å². The topological polar surface area (TPSA) is 9.23 Å². The van der Waals surface area contributed by atoms with E-state index in [9.17, 15) is 0 Å². The van der Waals surface area contributed by atoms with Gasteiger partial charge in [0.05, 0.1) is 12.0 Å². The van der Waals surface area contributed by atoms with Crippen LogP contribution in [0.25, 0.3) is 0 Å². The summed E-state index contributed by atoms with van der Waals surface area (Å²) >= 11 is 5.92. The van der Waals surface area contributed by atoms with E-state index >= 15 is 0 Å². The SMILES string of the molecule is CC1CCC(Oc2ccccc2CCl)CC1C. The number of benzene rings is 1. The molecule has 0 N–H and O–H groups in total. The van der Waals surface area contributed by atoms with Crippen LogP contribution in [-0.2, 0) is 5.88 Å². The molecule has 0 saturated heterocycles. The summed E-state index contributed by atoms with van der Waals surface area (Å²) in [6.07, 6.45) is 3.97. The average Bonchev–Trinajstić information content (AvgIpc) is 2.34. The van der Waals surface area contributed by atoms with E-state index in [1.807, 2.05) is 24.3 Å². The maximum absolute atomic E-state index is 6.11. The highest BCUT2D eigenvalue weighted by molar-refractivity contribution is 6.17. The van der Waals surface area contributed by atoms with Crippen molar-refractivity contribution in [2.24, 2.45) is 11.8 Å². The van der Waals surface area contributed by atoms with E-state index < -0.39 is 0 Å². The Kier molecular flexibility index (Phi) is 4.33. The molecule has 0 aliphatic heterocycles. The van der Waals surface area contributed by atoms with E-state index in [-0.39, 0.29) is 0 Å². The molecule has 1 saturated carbocycles. The van der Waals surface area contributed by atoms with E-state index in [4.69, 9.17) is 16.3 Å². The number of alkyl halides is 1. The van der Waals surface area contributed by atoms with Crippen LogP contribution in [0.15, 0.2) is 24.3 Å². The summed E-state index contributed by atoms with van der Waals surface area (Å²) in [5.41, 5.74) is 1.10. The molecular formula is C15H21ClO. The molecule has 3 unspecified atom stereocenters. The van der Waals surface area contributed by atoms with E-state index in [1.165, 1.54) is 12.8 Å². The van der Waals surface area contributed by atoms with Gasteiger partial charge in [0, 0.05) is 5.56 Å². The Morgan fingerprint density at radius 2 is 1.94 bits per heavy atom. The lowest BCUT2D eigenvalue weighted by Gasteiger charge is -2.32. The van der Waals surface area contributed by atoms with Crippen molar-refractivity contribution in [1.29, 1.82) is 0 Å². The van der Waals surface area contributed by atoms with Gasteiger partial charge in [-0.1, -0.05) is 32.0 Å². The Bertz CT molecular complexity index is 364. The zero-order chi connectivity index (χ0) is 12.3. The van der Waals surface area contributed by atoms with Gasteiger partial charge < -0.3 is 4.74 Å². The Labute approximate surface area is 109 Å². The van der Waals surface area contributed by atoms with Crippen molar-refractivity contribution in [2.75, 3.05) is 0 Å². The number of ether oxygens (including phenoxy) is 1. The third-order valence-electron chi connectivity index (χ3n) is 3.96. The molecule has 17 heavy (non-hydrogen) atoms. The summed E-state index contributed by atoms with van der Waals surface area (Å²) in [5, 5.41) is 0. The van der Waals surface area contributed by atoms with Gasteiger partial charge in [-0.2, -0.15) is 0 Å². The minimum Gasteiger partial charge on any atom is -0.490 e. The first kappa shape index (κ1) is 12.8. The van der Waals surface area contributed by atoms with E-state index in [0.29, 0.717) is 12.0 Å². The van der Waals surface area contributed by atoms with Crippen LogP contribution in [0.4, 0.5) is 0 Å². The van der Waals surface area contributed by atoms with Crippen LogP contribution in [0, 0.1) is 11.8 Å². The molecule has 0 amide bonds. The van der Waals surface area contributed by atoms with Gasteiger partial charge in [-0.05, 0) is 37.2 Å². The summed E-state index contributed by atoms with van der Waals surface area (Å²) < 4.78 is 6.11. The minimum atomic E-state index is 0.366. The zero-order valence-electron chi connectivity index (χ0n) is 10.7. The van der Waals surface area contributed by atoms with Crippen molar-refractivity contribution in [3.8, 4) is 5.75 Å².